The van der Waals surface area contributed by atoms with Gasteiger partial charge in [0.15, 0.2) is 5.13 Å². The molecule has 1 aliphatic heterocycles. The van der Waals surface area contributed by atoms with Gasteiger partial charge in [-0.2, -0.15) is 5.26 Å². The number of nitrogens with zero attached hydrogens (tertiary/aromatic N) is 3. The number of nitriles is 1. The van der Waals surface area contributed by atoms with E-state index in [9.17, 15) is 4.79 Å². The van der Waals surface area contributed by atoms with Crippen molar-refractivity contribution in [3.8, 4) is 6.07 Å². The first-order chi connectivity index (χ1) is 12.2. The second-order valence-corrected chi connectivity index (χ2v) is 6.71. The maximum atomic E-state index is 11.6. The van der Waals surface area contributed by atoms with Crippen molar-refractivity contribution in [2.45, 2.75) is 24.9 Å². The van der Waals surface area contributed by atoms with Crippen LogP contribution in [0, 0.1) is 11.3 Å². The van der Waals surface area contributed by atoms with Crippen LogP contribution in [0.1, 0.15) is 16.9 Å². The van der Waals surface area contributed by atoms with Gasteiger partial charge in [0.1, 0.15) is 10.9 Å². The van der Waals surface area contributed by atoms with E-state index in [2.05, 4.69) is 37.3 Å². The molecule has 0 bridgehead atoms. The number of pyridine rings is 1. The van der Waals surface area contributed by atoms with Crippen molar-refractivity contribution >= 4 is 28.2 Å². The van der Waals surface area contributed by atoms with Crippen LogP contribution in [0.15, 0.2) is 24.7 Å². The van der Waals surface area contributed by atoms with Crippen molar-refractivity contribution < 1.29 is 4.79 Å². The van der Waals surface area contributed by atoms with E-state index >= 15 is 0 Å². The minimum absolute atomic E-state index is 0.0750. The van der Waals surface area contributed by atoms with Crippen LogP contribution in [0.4, 0.5) is 15.6 Å². The molecule has 4 N–H and O–H groups in total. The van der Waals surface area contributed by atoms with Gasteiger partial charge in [-0.3, -0.25) is 4.98 Å². The number of urea groups is 1. The first-order valence-electron chi connectivity index (χ1n) is 7.97. The van der Waals surface area contributed by atoms with Crippen molar-refractivity contribution in [1.82, 2.24) is 25.9 Å². The van der Waals surface area contributed by atoms with E-state index in [-0.39, 0.29) is 18.1 Å². The molecule has 2 amide bonds. The number of aromatic nitrogens is 2. The maximum Gasteiger partial charge on any atom is 0.314 e. The highest BCUT2D eigenvalue weighted by Gasteiger charge is 2.28. The molecule has 3 rings (SSSR count). The van der Waals surface area contributed by atoms with Gasteiger partial charge >= 0.3 is 6.03 Å². The third kappa shape index (κ3) is 4.23. The molecule has 1 fully saturated rings. The number of hydrogen-bond donors (Lipinski definition) is 4. The van der Waals surface area contributed by atoms with Crippen molar-refractivity contribution in [3.63, 3.8) is 0 Å². The summed E-state index contributed by atoms with van der Waals surface area (Å²) < 4.78 is 0. The van der Waals surface area contributed by atoms with Crippen molar-refractivity contribution in [1.29, 1.82) is 5.26 Å². The summed E-state index contributed by atoms with van der Waals surface area (Å²) in [7, 11) is 1.61. The first-order valence-corrected chi connectivity index (χ1v) is 8.78. The van der Waals surface area contributed by atoms with Crippen LogP contribution < -0.4 is 21.3 Å². The molecule has 0 aliphatic carbocycles. The number of carbonyl (C=O) groups excluding carboxylic acids is 1. The van der Waals surface area contributed by atoms with Crippen LogP contribution >= 0.6 is 11.3 Å². The zero-order valence-electron chi connectivity index (χ0n) is 13.7. The summed E-state index contributed by atoms with van der Waals surface area (Å²) in [5.74, 6) is 0. The van der Waals surface area contributed by atoms with Crippen LogP contribution in [0.25, 0.3) is 0 Å². The summed E-state index contributed by atoms with van der Waals surface area (Å²) in [5.41, 5.74) is 1.93. The van der Waals surface area contributed by atoms with E-state index < -0.39 is 0 Å². The predicted molar refractivity (Wildman–Crippen MR) is 95.8 cm³/mol. The standard InChI is InChI=1S/C16H19N7OS/c1-18-15(24)22-12-3-5-20-13(12)6-10-2-4-19-9-14(10)23-16-21-8-11(7-17)25-16/h2,4,8-9,12-13,20H,3,5-6H2,1H3,(H,21,23)(H2,18,22,24)/t12-,13?/m1/s1. The van der Waals surface area contributed by atoms with Crippen LogP contribution in [-0.2, 0) is 6.42 Å². The van der Waals surface area contributed by atoms with Gasteiger partial charge in [-0.1, -0.05) is 11.3 Å². The summed E-state index contributed by atoms with van der Waals surface area (Å²) >= 11 is 1.30. The van der Waals surface area contributed by atoms with Crippen molar-refractivity contribution in [2.24, 2.45) is 0 Å². The second-order valence-electron chi connectivity index (χ2n) is 5.68. The van der Waals surface area contributed by atoms with Crippen LogP contribution in [0.2, 0.25) is 0 Å². The van der Waals surface area contributed by atoms with Gasteiger partial charge in [0.05, 0.1) is 18.1 Å². The molecule has 130 valence electrons. The fraction of sp³-hybridized carbons (Fsp3) is 0.375. The molecule has 25 heavy (non-hydrogen) atoms. The Morgan fingerprint density at radius 2 is 2.40 bits per heavy atom. The lowest BCUT2D eigenvalue weighted by Gasteiger charge is -2.22. The predicted octanol–water partition coefficient (Wildman–Crippen LogP) is 1.36. The van der Waals surface area contributed by atoms with E-state index in [1.54, 1.807) is 25.6 Å². The number of amides is 2. The minimum atomic E-state index is -0.168. The van der Waals surface area contributed by atoms with E-state index in [4.69, 9.17) is 5.26 Å². The second kappa shape index (κ2) is 7.92. The summed E-state index contributed by atoms with van der Waals surface area (Å²) in [6.45, 7) is 0.866. The van der Waals surface area contributed by atoms with Gasteiger partial charge in [0, 0.05) is 25.3 Å². The minimum Gasteiger partial charge on any atom is -0.341 e. The Balaban J connectivity index is 1.72. The Morgan fingerprint density at radius 1 is 1.52 bits per heavy atom. The topological polar surface area (TPSA) is 115 Å². The fourth-order valence-electron chi connectivity index (χ4n) is 2.84. The number of thiazole rings is 1. The first kappa shape index (κ1) is 17.1. The molecule has 0 radical (unpaired) electrons. The Labute approximate surface area is 149 Å². The summed E-state index contributed by atoms with van der Waals surface area (Å²) in [6, 6.07) is 4.09. The maximum absolute atomic E-state index is 11.6. The Hall–Kier alpha value is -2.70. The quantitative estimate of drug-likeness (QED) is 0.642. The van der Waals surface area contributed by atoms with Gasteiger partial charge in [-0.25, -0.2) is 9.78 Å². The normalized spacial score (nSPS) is 19.2. The molecule has 0 saturated carbocycles. The Bertz CT molecular complexity index is 785. The molecule has 2 atom stereocenters. The molecule has 3 heterocycles. The Morgan fingerprint density at radius 3 is 3.16 bits per heavy atom. The van der Waals surface area contributed by atoms with Gasteiger partial charge in [0.2, 0.25) is 0 Å². The van der Waals surface area contributed by atoms with Crippen molar-refractivity contribution in [2.75, 3.05) is 18.9 Å². The number of carbonyl (C=O) groups is 1. The van der Waals surface area contributed by atoms with Gasteiger partial charge in [-0.15, -0.1) is 0 Å². The zero-order chi connectivity index (χ0) is 17.6. The SMILES string of the molecule is CNC(=O)N[C@@H]1CCNC1Cc1ccncc1Nc1ncc(C#N)s1. The molecule has 2 aromatic rings. The molecular weight excluding hydrogens is 338 g/mol. The highest BCUT2D eigenvalue weighted by atomic mass is 32.1. The number of hydrogen-bond acceptors (Lipinski definition) is 7. The van der Waals surface area contributed by atoms with Crippen LogP contribution in [0.5, 0.6) is 0 Å². The lowest BCUT2D eigenvalue weighted by molar-refractivity contribution is 0.237. The molecule has 1 aliphatic rings. The molecule has 8 nitrogen and oxygen atoms in total. The lowest BCUT2D eigenvalue weighted by Crippen LogP contribution is -2.47. The molecule has 0 aromatic carbocycles. The van der Waals surface area contributed by atoms with Gasteiger partial charge < -0.3 is 21.3 Å². The average molecular weight is 357 g/mol. The summed E-state index contributed by atoms with van der Waals surface area (Å²) in [5, 5.41) is 21.8. The molecule has 9 heteroatoms. The summed E-state index contributed by atoms with van der Waals surface area (Å²) in [4.78, 5) is 20.5. The third-order valence-corrected chi connectivity index (χ3v) is 4.92. The number of anilines is 2. The molecule has 0 spiro atoms. The van der Waals surface area contributed by atoms with Crippen molar-refractivity contribution in [3.05, 3.63) is 35.1 Å². The van der Waals surface area contributed by atoms with E-state index in [1.807, 2.05) is 6.07 Å². The van der Waals surface area contributed by atoms with E-state index in [0.29, 0.717) is 10.0 Å². The van der Waals surface area contributed by atoms with Crippen LogP contribution in [-0.4, -0.2) is 41.7 Å². The molecule has 1 unspecified atom stereocenters. The smallest absolute Gasteiger partial charge is 0.314 e. The van der Waals surface area contributed by atoms with Gasteiger partial charge in [-0.05, 0) is 31.0 Å². The largest absolute Gasteiger partial charge is 0.341 e. The highest BCUT2D eigenvalue weighted by molar-refractivity contribution is 7.16. The number of nitrogens with one attached hydrogen (secondary N) is 4. The molecular formula is C16H19N7OS. The Kier molecular flexibility index (Phi) is 5.42. The van der Waals surface area contributed by atoms with Gasteiger partial charge in [0.25, 0.3) is 0 Å². The monoisotopic (exact) mass is 357 g/mol. The highest BCUT2D eigenvalue weighted by Crippen LogP contribution is 2.25. The molecule has 1 saturated heterocycles. The lowest BCUT2D eigenvalue weighted by atomic mass is 10.0. The zero-order valence-corrected chi connectivity index (χ0v) is 14.6. The summed E-state index contributed by atoms with van der Waals surface area (Å²) in [6.07, 6.45) is 6.68. The third-order valence-electron chi connectivity index (χ3n) is 4.10. The number of rotatable bonds is 5. The van der Waals surface area contributed by atoms with E-state index in [1.165, 1.54) is 11.3 Å². The fourth-order valence-corrected chi connectivity index (χ4v) is 3.47. The van der Waals surface area contributed by atoms with E-state index in [0.717, 1.165) is 30.6 Å². The van der Waals surface area contributed by atoms with Crippen LogP contribution in [0.3, 0.4) is 0 Å². The average Bonchev–Trinajstić information content (AvgIpc) is 3.26. The molecule has 2 aromatic heterocycles.